The van der Waals surface area contributed by atoms with Crippen molar-refractivity contribution in [3.05, 3.63) is 24.4 Å². The zero-order valence-electron chi connectivity index (χ0n) is 11.9. The van der Waals surface area contributed by atoms with Crippen LogP contribution in [-0.2, 0) is 0 Å². The van der Waals surface area contributed by atoms with Crippen molar-refractivity contribution in [1.29, 1.82) is 0 Å². The molecule has 0 fully saturated rings. The lowest BCUT2D eigenvalue weighted by atomic mass is 10.1. The SMILES string of the molecule is C=C/C(=C\N=C(CCCC)C(F)(F)F)CCCCC. The Balaban J connectivity index is 4.74. The number of unbranched alkanes of at least 4 members (excludes halogenated alkanes) is 3. The van der Waals surface area contributed by atoms with Crippen molar-refractivity contribution in [2.75, 3.05) is 0 Å². The van der Waals surface area contributed by atoms with Gasteiger partial charge in [0, 0.05) is 6.20 Å². The van der Waals surface area contributed by atoms with E-state index in [4.69, 9.17) is 0 Å². The zero-order chi connectivity index (χ0) is 14.7. The first kappa shape index (κ1) is 17.9. The maximum absolute atomic E-state index is 12.7. The predicted octanol–water partition coefficient (Wildman–Crippen LogP) is 5.83. The average molecular weight is 275 g/mol. The molecule has 4 heteroatoms. The van der Waals surface area contributed by atoms with Crippen LogP contribution in [0.15, 0.2) is 29.4 Å². The van der Waals surface area contributed by atoms with E-state index in [9.17, 15) is 13.2 Å². The third kappa shape index (κ3) is 8.62. The van der Waals surface area contributed by atoms with E-state index in [1.165, 1.54) is 6.20 Å². The Bertz CT molecular complexity index is 314. The molecular weight excluding hydrogens is 251 g/mol. The minimum atomic E-state index is -4.33. The van der Waals surface area contributed by atoms with Gasteiger partial charge in [-0.1, -0.05) is 45.8 Å². The van der Waals surface area contributed by atoms with Crippen molar-refractivity contribution in [3.63, 3.8) is 0 Å². The Kier molecular flexibility index (Phi) is 9.27. The zero-order valence-corrected chi connectivity index (χ0v) is 11.9. The van der Waals surface area contributed by atoms with Gasteiger partial charge in [-0.3, -0.25) is 4.99 Å². The van der Waals surface area contributed by atoms with Gasteiger partial charge < -0.3 is 0 Å². The number of hydrogen-bond donors (Lipinski definition) is 0. The van der Waals surface area contributed by atoms with Crippen molar-refractivity contribution in [1.82, 2.24) is 0 Å². The highest BCUT2D eigenvalue weighted by Crippen LogP contribution is 2.22. The quantitative estimate of drug-likeness (QED) is 0.285. The normalized spacial score (nSPS) is 13.7. The van der Waals surface area contributed by atoms with Crippen LogP contribution in [-0.4, -0.2) is 11.9 Å². The molecule has 19 heavy (non-hydrogen) atoms. The van der Waals surface area contributed by atoms with Crippen molar-refractivity contribution < 1.29 is 13.2 Å². The Labute approximate surface area is 114 Å². The average Bonchev–Trinajstić information content (AvgIpc) is 2.35. The summed E-state index contributed by atoms with van der Waals surface area (Å²) in [5.41, 5.74) is 0.0795. The van der Waals surface area contributed by atoms with Crippen LogP contribution >= 0.6 is 0 Å². The van der Waals surface area contributed by atoms with Gasteiger partial charge in [0.1, 0.15) is 5.71 Å². The smallest absolute Gasteiger partial charge is 0.256 e. The standard InChI is InChI=1S/C15H24F3N/c1-4-7-9-10-13(6-3)12-19-14(11-8-5-2)15(16,17)18/h6,12H,3-5,7-11H2,1-2H3/b13-12+,19-14?. The van der Waals surface area contributed by atoms with E-state index in [0.29, 0.717) is 6.42 Å². The van der Waals surface area contributed by atoms with Crippen LogP contribution in [0.25, 0.3) is 0 Å². The van der Waals surface area contributed by atoms with Gasteiger partial charge in [-0.2, -0.15) is 13.2 Å². The van der Waals surface area contributed by atoms with Crippen molar-refractivity contribution in [2.24, 2.45) is 4.99 Å². The summed E-state index contributed by atoms with van der Waals surface area (Å²) in [6.07, 6.45) is 3.63. The summed E-state index contributed by atoms with van der Waals surface area (Å²) in [7, 11) is 0. The van der Waals surface area contributed by atoms with Crippen LogP contribution in [0.5, 0.6) is 0 Å². The summed E-state index contributed by atoms with van der Waals surface area (Å²) in [4.78, 5) is 3.64. The molecule has 0 aliphatic heterocycles. The molecule has 0 rings (SSSR count). The second-order valence-electron chi connectivity index (χ2n) is 4.54. The molecule has 0 unspecified atom stereocenters. The third-order valence-electron chi connectivity index (χ3n) is 2.81. The highest BCUT2D eigenvalue weighted by atomic mass is 19.4. The molecule has 0 aromatic carbocycles. The van der Waals surface area contributed by atoms with Gasteiger partial charge in [0.25, 0.3) is 0 Å². The molecule has 0 heterocycles. The Hall–Kier alpha value is -1.06. The Morgan fingerprint density at radius 2 is 1.68 bits per heavy atom. The largest absolute Gasteiger partial charge is 0.429 e. The van der Waals surface area contributed by atoms with E-state index in [2.05, 4.69) is 18.5 Å². The highest BCUT2D eigenvalue weighted by Gasteiger charge is 2.34. The summed E-state index contributed by atoms with van der Waals surface area (Å²) >= 11 is 0. The molecule has 0 bridgehead atoms. The van der Waals surface area contributed by atoms with E-state index in [1.54, 1.807) is 6.08 Å². The summed E-state index contributed by atoms with van der Waals surface area (Å²) < 4.78 is 38.2. The first-order valence-corrected chi connectivity index (χ1v) is 6.91. The van der Waals surface area contributed by atoms with E-state index in [0.717, 1.165) is 37.7 Å². The molecule has 1 nitrogen and oxygen atoms in total. The molecule has 0 radical (unpaired) electrons. The van der Waals surface area contributed by atoms with Gasteiger partial charge in [0.05, 0.1) is 0 Å². The van der Waals surface area contributed by atoms with Gasteiger partial charge >= 0.3 is 6.18 Å². The lowest BCUT2D eigenvalue weighted by Gasteiger charge is -2.09. The summed E-state index contributed by atoms with van der Waals surface area (Å²) in [6.45, 7) is 7.57. The molecule has 0 N–H and O–H groups in total. The molecule has 0 aliphatic carbocycles. The van der Waals surface area contributed by atoms with Crippen LogP contribution in [0.3, 0.4) is 0 Å². The predicted molar refractivity (Wildman–Crippen MR) is 75.4 cm³/mol. The second kappa shape index (κ2) is 9.82. The first-order valence-electron chi connectivity index (χ1n) is 6.91. The monoisotopic (exact) mass is 275 g/mol. The first-order chi connectivity index (χ1) is 8.95. The molecule has 0 aromatic heterocycles. The molecule has 0 saturated heterocycles. The van der Waals surface area contributed by atoms with Crippen LogP contribution < -0.4 is 0 Å². The van der Waals surface area contributed by atoms with Gasteiger partial charge in [0.2, 0.25) is 0 Å². The second-order valence-corrected chi connectivity index (χ2v) is 4.54. The van der Waals surface area contributed by atoms with Gasteiger partial charge in [-0.15, -0.1) is 0 Å². The number of halogens is 3. The van der Waals surface area contributed by atoms with Crippen molar-refractivity contribution in [2.45, 2.75) is 65.0 Å². The minimum Gasteiger partial charge on any atom is -0.256 e. The van der Waals surface area contributed by atoms with Gasteiger partial charge in [-0.25, -0.2) is 0 Å². The molecule has 0 aliphatic rings. The van der Waals surface area contributed by atoms with E-state index in [-0.39, 0.29) is 6.42 Å². The number of hydrogen-bond acceptors (Lipinski definition) is 1. The molecule has 110 valence electrons. The fourth-order valence-electron chi connectivity index (χ4n) is 1.58. The van der Waals surface area contributed by atoms with Gasteiger partial charge in [0.15, 0.2) is 0 Å². The molecule has 0 spiro atoms. The van der Waals surface area contributed by atoms with E-state index in [1.807, 2.05) is 6.92 Å². The van der Waals surface area contributed by atoms with Crippen LogP contribution in [0.4, 0.5) is 13.2 Å². The van der Waals surface area contributed by atoms with E-state index < -0.39 is 11.9 Å². The highest BCUT2D eigenvalue weighted by molar-refractivity contribution is 5.90. The fraction of sp³-hybridized carbons (Fsp3) is 0.667. The van der Waals surface area contributed by atoms with Crippen molar-refractivity contribution in [3.8, 4) is 0 Å². The molecular formula is C15H24F3N. The maximum atomic E-state index is 12.7. The number of allylic oxidation sites excluding steroid dienone is 2. The van der Waals surface area contributed by atoms with E-state index >= 15 is 0 Å². The fourth-order valence-corrected chi connectivity index (χ4v) is 1.58. The number of rotatable bonds is 9. The van der Waals surface area contributed by atoms with Crippen LogP contribution in [0, 0.1) is 0 Å². The minimum absolute atomic E-state index is 0.0180. The number of aliphatic imine (C=N–C) groups is 1. The maximum Gasteiger partial charge on any atom is 0.429 e. The molecule has 0 atom stereocenters. The third-order valence-corrected chi connectivity index (χ3v) is 2.81. The molecule has 0 saturated carbocycles. The van der Waals surface area contributed by atoms with Crippen molar-refractivity contribution >= 4 is 5.71 Å². The molecule has 0 amide bonds. The summed E-state index contributed by atoms with van der Waals surface area (Å²) in [5, 5.41) is 0. The Morgan fingerprint density at radius 1 is 1.05 bits per heavy atom. The number of alkyl halides is 3. The lowest BCUT2D eigenvalue weighted by Crippen LogP contribution is -2.22. The summed E-state index contributed by atoms with van der Waals surface area (Å²) in [5.74, 6) is 0. The van der Waals surface area contributed by atoms with Crippen LogP contribution in [0.1, 0.15) is 58.8 Å². The topological polar surface area (TPSA) is 12.4 Å². The Morgan fingerprint density at radius 3 is 2.16 bits per heavy atom. The lowest BCUT2D eigenvalue weighted by molar-refractivity contribution is -0.0605. The summed E-state index contributed by atoms with van der Waals surface area (Å²) in [6, 6.07) is 0. The van der Waals surface area contributed by atoms with Crippen LogP contribution in [0.2, 0.25) is 0 Å². The molecule has 0 aromatic rings. The number of nitrogens with zero attached hydrogens (tertiary/aromatic N) is 1. The van der Waals surface area contributed by atoms with Gasteiger partial charge in [-0.05, 0) is 31.3 Å².